The lowest BCUT2D eigenvalue weighted by Crippen LogP contribution is -2.47. The van der Waals surface area contributed by atoms with Crippen LogP contribution in [-0.4, -0.2) is 48.3 Å². The van der Waals surface area contributed by atoms with Gasteiger partial charge in [-0.25, -0.2) is 0 Å². The molecule has 6 nitrogen and oxygen atoms in total. The average Bonchev–Trinajstić information content (AvgIpc) is 2.57. The molecule has 0 radical (unpaired) electrons. The minimum atomic E-state index is -0.356. The van der Waals surface area contributed by atoms with E-state index in [0.717, 1.165) is 10.8 Å². The molecule has 138 valence electrons. The molecule has 0 saturated heterocycles. The number of benzene rings is 2. The molecule has 2 aromatic carbocycles. The summed E-state index contributed by atoms with van der Waals surface area (Å²) in [6.07, 6.45) is 0. The summed E-state index contributed by atoms with van der Waals surface area (Å²) in [5.41, 5.74) is 0.135. The lowest BCUT2D eigenvalue weighted by atomic mass is 10.1. The zero-order valence-corrected chi connectivity index (χ0v) is 15.6. The molecule has 0 atom stereocenters. The topological polar surface area (TPSA) is 78.5 Å². The second kappa shape index (κ2) is 7.99. The first-order valence-electron chi connectivity index (χ1n) is 8.48. The van der Waals surface area contributed by atoms with Crippen molar-refractivity contribution in [2.75, 3.05) is 20.1 Å². The molecule has 0 saturated carbocycles. The summed E-state index contributed by atoms with van der Waals surface area (Å²) >= 11 is 0. The second-order valence-electron chi connectivity index (χ2n) is 7.29. The molecule has 2 N–H and O–H groups in total. The summed E-state index contributed by atoms with van der Waals surface area (Å²) in [6, 6.07) is 13.1. The van der Waals surface area contributed by atoms with Crippen molar-refractivity contribution in [2.24, 2.45) is 0 Å². The van der Waals surface area contributed by atoms with Crippen molar-refractivity contribution in [3.05, 3.63) is 48.0 Å². The van der Waals surface area contributed by atoms with E-state index in [1.165, 1.54) is 11.9 Å². The molecule has 0 bridgehead atoms. The Balaban J connectivity index is 1.89. The fraction of sp³-hybridized carbons (Fsp3) is 0.350. The predicted octanol–water partition coefficient (Wildman–Crippen LogP) is 1.94. The van der Waals surface area contributed by atoms with E-state index in [-0.39, 0.29) is 36.3 Å². The largest absolute Gasteiger partial charge is 0.350 e. The Morgan fingerprint density at radius 2 is 1.65 bits per heavy atom. The molecule has 2 rings (SSSR count). The Hall–Kier alpha value is -2.89. The smallest absolute Gasteiger partial charge is 0.251 e. The van der Waals surface area contributed by atoms with Crippen molar-refractivity contribution in [2.45, 2.75) is 26.3 Å². The minimum absolute atomic E-state index is 0.0536. The first-order valence-corrected chi connectivity index (χ1v) is 8.48. The summed E-state index contributed by atoms with van der Waals surface area (Å²) < 4.78 is 0. The van der Waals surface area contributed by atoms with Gasteiger partial charge < -0.3 is 15.5 Å². The zero-order chi connectivity index (χ0) is 19.3. The number of likely N-dealkylation sites (N-methyl/N-ethyl adjacent to an activating group) is 1. The third-order valence-corrected chi connectivity index (χ3v) is 3.73. The van der Waals surface area contributed by atoms with E-state index in [2.05, 4.69) is 10.6 Å². The molecule has 26 heavy (non-hydrogen) atoms. The van der Waals surface area contributed by atoms with Gasteiger partial charge in [0.1, 0.15) is 0 Å². The summed E-state index contributed by atoms with van der Waals surface area (Å²) in [4.78, 5) is 37.5. The van der Waals surface area contributed by atoms with E-state index in [9.17, 15) is 14.4 Å². The van der Waals surface area contributed by atoms with E-state index >= 15 is 0 Å². The van der Waals surface area contributed by atoms with Gasteiger partial charge in [0.25, 0.3) is 5.91 Å². The highest BCUT2D eigenvalue weighted by atomic mass is 16.2. The minimum Gasteiger partial charge on any atom is -0.350 e. The van der Waals surface area contributed by atoms with Gasteiger partial charge in [-0.2, -0.15) is 0 Å². The molecule has 3 amide bonds. The molecule has 6 heteroatoms. The van der Waals surface area contributed by atoms with Crippen LogP contribution in [0.2, 0.25) is 0 Å². The molecule has 0 unspecified atom stereocenters. The molecule has 0 aliphatic heterocycles. The maximum absolute atomic E-state index is 12.3. The third-order valence-electron chi connectivity index (χ3n) is 3.73. The van der Waals surface area contributed by atoms with Gasteiger partial charge in [0, 0.05) is 18.2 Å². The SMILES string of the molecule is CN(CC(=O)NC(C)(C)C)C(=O)CNC(=O)c1ccc2ccccc2c1. The van der Waals surface area contributed by atoms with Crippen LogP contribution in [0.1, 0.15) is 31.1 Å². The molecular weight excluding hydrogens is 330 g/mol. The Morgan fingerprint density at radius 3 is 2.31 bits per heavy atom. The standard InChI is InChI=1S/C20H25N3O3/c1-20(2,3)22-17(24)13-23(4)18(25)12-21-19(26)16-10-9-14-7-5-6-8-15(14)11-16/h5-11H,12-13H2,1-4H3,(H,21,26)(H,22,24). The van der Waals surface area contributed by atoms with Crippen LogP contribution in [0.15, 0.2) is 42.5 Å². The maximum atomic E-state index is 12.3. The zero-order valence-electron chi connectivity index (χ0n) is 15.6. The van der Waals surface area contributed by atoms with Crippen LogP contribution in [0.4, 0.5) is 0 Å². The monoisotopic (exact) mass is 355 g/mol. The fourth-order valence-corrected chi connectivity index (χ4v) is 2.48. The van der Waals surface area contributed by atoms with E-state index < -0.39 is 0 Å². The van der Waals surface area contributed by atoms with Gasteiger partial charge in [0.15, 0.2) is 0 Å². The Bertz CT molecular complexity index is 824. The first-order chi connectivity index (χ1) is 12.2. The van der Waals surface area contributed by atoms with Crippen molar-refractivity contribution >= 4 is 28.5 Å². The van der Waals surface area contributed by atoms with Crippen LogP contribution in [0, 0.1) is 0 Å². The highest BCUT2D eigenvalue weighted by Crippen LogP contribution is 2.15. The van der Waals surface area contributed by atoms with Gasteiger partial charge >= 0.3 is 0 Å². The van der Waals surface area contributed by atoms with Crippen LogP contribution >= 0.6 is 0 Å². The van der Waals surface area contributed by atoms with E-state index in [1.54, 1.807) is 12.1 Å². The predicted molar refractivity (Wildman–Crippen MR) is 102 cm³/mol. The molecular formula is C20H25N3O3. The molecule has 0 aliphatic carbocycles. The quantitative estimate of drug-likeness (QED) is 0.860. The van der Waals surface area contributed by atoms with Crippen molar-refractivity contribution in [1.82, 2.24) is 15.5 Å². The lowest BCUT2D eigenvalue weighted by molar-refractivity contribution is -0.134. The molecule has 0 aliphatic rings. The number of hydrogen-bond acceptors (Lipinski definition) is 3. The van der Waals surface area contributed by atoms with Crippen molar-refractivity contribution < 1.29 is 14.4 Å². The maximum Gasteiger partial charge on any atom is 0.251 e. The highest BCUT2D eigenvalue weighted by Gasteiger charge is 2.18. The van der Waals surface area contributed by atoms with Gasteiger partial charge in [0.2, 0.25) is 11.8 Å². The van der Waals surface area contributed by atoms with Crippen LogP contribution in [0.3, 0.4) is 0 Å². The van der Waals surface area contributed by atoms with Crippen molar-refractivity contribution in [3.8, 4) is 0 Å². The molecule has 0 fully saturated rings. The molecule has 0 heterocycles. The molecule has 2 aromatic rings. The molecule has 0 aromatic heterocycles. The highest BCUT2D eigenvalue weighted by molar-refractivity contribution is 6.00. The van der Waals surface area contributed by atoms with Crippen molar-refractivity contribution in [3.63, 3.8) is 0 Å². The molecule has 0 spiro atoms. The summed E-state index contributed by atoms with van der Waals surface area (Å²) in [7, 11) is 1.53. The van der Waals surface area contributed by atoms with Crippen LogP contribution in [0.5, 0.6) is 0 Å². The first kappa shape index (κ1) is 19.4. The van der Waals surface area contributed by atoms with Gasteiger partial charge in [-0.1, -0.05) is 30.3 Å². The van der Waals surface area contributed by atoms with E-state index in [1.807, 2.05) is 51.1 Å². The van der Waals surface area contributed by atoms with Gasteiger partial charge in [-0.15, -0.1) is 0 Å². The van der Waals surface area contributed by atoms with Gasteiger partial charge in [0.05, 0.1) is 13.1 Å². The number of nitrogens with one attached hydrogen (secondary N) is 2. The van der Waals surface area contributed by atoms with Crippen LogP contribution in [0.25, 0.3) is 10.8 Å². The number of amides is 3. The van der Waals surface area contributed by atoms with Crippen LogP contribution in [-0.2, 0) is 9.59 Å². The summed E-state index contributed by atoms with van der Waals surface area (Å²) in [6.45, 7) is 5.40. The number of nitrogens with zero attached hydrogens (tertiary/aromatic N) is 1. The van der Waals surface area contributed by atoms with Gasteiger partial charge in [-0.3, -0.25) is 14.4 Å². The Labute approximate surface area is 153 Å². The fourth-order valence-electron chi connectivity index (χ4n) is 2.48. The summed E-state index contributed by atoms with van der Waals surface area (Å²) in [5, 5.41) is 7.40. The van der Waals surface area contributed by atoms with Crippen molar-refractivity contribution in [1.29, 1.82) is 0 Å². The number of fused-ring (bicyclic) bond motifs is 1. The number of rotatable bonds is 5. The summed E-state index contributed by atoms with van der Waals surface area (Å²) in [5.74, 6) is -0.894. The third kappa shape index (κ3) is 5.58. The van der Waals surface area contributed by atoms with Gasteiger partial charge in [-0.05, 0) is 43.7 Å². The second-order valence-corrected chi connectivity index (χ2v) is 7.29. The average molecular weight is 355 g/mol. The lowest BCUT2D eigenvalue weighted by Gasteiger charge is -2.23. The Morgan fingerprint density at radius 1 is 1.00 bits per heavy atom. The normalized spacial score (nSPS) is 11.1. The van der Waals surface area contributed by atoms with Crippen LogP contribution < -0.4 is 10.6 Å². The number of hydrogen-bond donors (Lipinski definition) is 2. The Kier molecular flexibility index (Phi) is 5.97. The number of carbonyl (C=O) groups excluding carboxylic acids is 3. The number of carbonyl (C=O) groups is 3. The van der Waals surface area contributed by atoms with E-state index in [4.69, 9.17) is 0 Å². The van der Waals surface area contributed by atoms with E-state index in [0.29, 0.717) is 5.56 Å².